The highest BCUT2D eigenvalue weighted by molar-refractivity contribution is 6.30. The summed E-state index contributed by atoms with van der Waals surface area (Å²) in [5.74, 6) is 0.375. The molecule has 2 atom stereocenters. The SMILES string of the molecule is CON(C)C(=O)[C@@H]1C[C@H]1c1cccc(Cl)c1. The molecule has 0 bridgehead atoms. The van der Waals surface area contributed by atoms with Gasteiger partial charge in [0, 0.05) is 18.0 Å². The summed E-state index contributed by atoms with van der Waals surface area (Å²) in [5, 5.41) is 2.01. The van der Waals surface area contributed by atoms with Crippen molar-refractivity contribution in [3.05, 3.63) is 34.9 Å². The van der Waals surface area contributed by atoms with Crippen molar-refractivity contribution in [2.75, 3.05) is 14.2 Å². The Hall–Kier alpha value is -1.06. The van der Waals surface area contributed by atoms with Crippen molar-refractivity contribution in [3.63, 3.8) is 0 Å². The second kappa shape index (κ2) is 4.44. The molecule has 1 aromatic rings. The summed E-state index contributed by atoms with van der Waals surface area (Å²) < 4.78 is 0. The third-order valence-electron chi connectivity index (χ3n) is 2.97. The second-order valence-corrected chi connectivity index (χ2v) is 4.46. The molecule has 1 aromatic carbocycles. The van der Waals surface area contributed by atoms with Crippen LogP contribution < -0.4 is 0 Å². The molecule has 0 saturated heterocycles. The van der Waals surface area contributed by atoms with Gasteiger partial charge < -0.3 is 0 Å². The maximum Gasteiger partial charge on any atom is 0.249 e. The summed E-state index contributed by atoms with van der Waals surface area (Å²) in [5.41, 5.74) is 1.13. The van der Waals surface area contributed by atoms with Gasteiger partial charge >= 0.3 is 0 Å². The number of halogens is 1. The lowest BCUT2D eigenvalue weighted by Gasteiger charge is -2.13. The molecule has 1 fully saturated rings. The quantitative estimate of drug-likeness (QED) is 0.759. The molecule has 1 amide bonds. The monoisotopic (exact) mass is 239 g/mol. The Morgan fingerprint density at radius 1 is 1.56 bits per heavy atom. The average molecular weight is 240 g/mol. The van der Waals surface area contributed by atoms with Crippen molar-refractivity contribution in [3.8, 4) is 0 Å². The molecule has 0 heterocycles. The fourth-order valence-electron chi connectivity index (χ4n) is 1.90. The Bertz CT molecular complexity index is 408. The average Bonchev–Trinajstić information content (AvgIpc) is 3.07. The van der Waals surface area contributed by atoms with E-state index < -0.39 is 0 Å². The van der Waals surface area contributed by atoms with Crippen LogP contribution in [0.15, 0.2) is 24.3 Å². The fourth-order valence-corrected chi connectivity index (χ4v) is 2.10. The summed E-state index contributed by atoms with van der Waals surface area (Å²) in [4.78, 5) is 16.7. The summed E-state index contributed by atoms with van der Waals surface area (Å²) in [6.45, 7) is 0. The first-order valence-corrected chi connectivity index (χ1v) is 5.58. The fraction of sp³-hybridized carbons (Fsp3) is 0.417. The highest BCUT2D eigenvalue weighted by atomic mass is 35.5. The minimum Gasteiger partial charge on any atom is -0.275 e. The van der Waals surface area contributed by atoms with E-state index in [2.05, 4.69) is 0 Å². The highest BCUT2D eigenvalue weighted by Crippen LogP contribution is 2.48. The number of nitrogens with zero attached hydrogens (tertiary/aromatic N) is 1. The van der Waals surface area contributed by atoms with E-state index in [0.29, 0.717) is 5.92 Å². The van der Waals surface area contributed by atoms with Gasteiger partial charge in [0.15, 0.2) is 0 Å². The molecule has 0 aliphatic heterocycles. The maximum absolute atomic E-state index is 11.8. The Morgan fingerprint density at radius 2 is 2.31 bits per heavy atom. The third kappa shape index (κ3) is 2.20. The molecule has 4 heteroatoms. The van der Waals surface area contributed by atoms with Crippen molar-refractivity contribution in [2.45, 2.75) is 12.3 Å². The van der Waals surface area contributed by atoms with E-state index in [9.17, 15) is 4.79 Å². The number of hydrogen-bond acceptors (Lipinski definition) is 2. The van der Waals surface area contributed by atoms with Crippen molar-refractivity contribution in [1.29, 1.82) is 0 Å². The van der Waals surface area contributed by atoms with E-state index in [0.717, 1.165) is 17.0 Å². The van der Waals surface area contributed by atoms with Gasteiger partial charge in [-0.1, -0.05) is 23.7 Å². The minimum atomic E-state index is 0.0347. The minimum absolute atomic E-state index is 0.0347. The van der Waals surface area contributed by atoms with E-state index in [4.69, 9.17) is 16.4 Å². The Balaban J connectivity index is 2.04. The van der Waals surface area contributed by atoms with Crippen molar-refractivity contribution >= 4 is 17.5 Å². The standard InChI is InChI=1S/C12H14ClNO2/c1-14(16-2)12(15)11-7-10(11)8-4-3-5-9(13)6-8/h3-6,10-11H,7H2,1-2H3/t10-,11+/m0/s1. The van der Waals surface area contributed by atoms with Crippen LogP contribution in [0.25, 0.3) is 0 Å². The van der Waals surface area contributed by atoms with Crippen LogP contribution in [0.5, 0.6) is 0 Å². The smallest absolute Gasteiger partial charge is 0.249 e. The van der Waals surface area contributed by atoms with E-state index in [1.807, 2.05) is 24.3 Å². The first kappa shape index (κ1) is 11.4. The lowest BCUT2D eigenvalue weighted by molar-refractivity contribution is -0.170. The van der Waals surface area contributed by atoms with Crippen molar-refractivity contribution < 1.29 is 9.63 Å². The molecule has 0 spiro atoms. The van der Waals surface area contributed by atoms with Gasteiger partial charge in [-0.2, -0.15) is 0 Å². The van der Waals surface area contributed by atoms with Gasteiger partial charge in [0.25, 0.3) is 0 Å². The van der Waals surface area contributed by atoms with Crippen LogP contribution >= 0.6 is 11.6 Å². The molecule has 86 valence electrons. The molecule has 1 aliphatic carbocycles. The van der Waals surface area contributed by atoms with Crippen LogP contribution in [0.4, 0.5) is 0 Å². The zero-order valence-corrected chi connectivity index (χ0v) is 10.1. The Labute approximate surface area is 99.9 Å². The van der Waals surface area contributed by atoms with Gasteiger partial charge in [-0.15, -0.1) is 0 Å². The summed E-state index contributed by atoms with van der Waals surface area (Å²) in [7, 11) is 3.13. The molecular weight excluding hydrogens is 226 g/mol. The number of hydrogen-bond donors (Lipinski definition) is 0. The van der Waals surface area contributed by atoms with Crippen LogP contribution in [0.1, 0.15) is 17.9 Å². The molecule has 16 heavy (non-hydrogen) atoms. The van der Waals surface area contributed by atoms with Gasteiger partial charge in [-0.3, -0.25) is 9.63 Å². The normalized spacial score (nSPS) is 22.9. The Kier molecular flexibility index (Phi) is 3.17. The largest absolute Gasteiger partial charge is 0.275 e. The molecule has 0 radical (unpaired) electrons. The van der Waals surface area contributed by atoms with Gasteiger partial charge in [0.2, 0.25) is 5.91 Å². The molecular formula is C12H14ClNO2. The van der Waals surface area contributed by atoms with Gasteiger partial charge in [0.1, 0.15) is 0 Å². The maximum atomic E-state index is 11.8. The van der Waals surface area contributed by atoms with E-state index in [-0.39, 0.29) is 11.8 Å². The van der Waals surface area contributed by atoms with Gasteiger partial charge in [0.05, 0.1) is 7.11 Å². The number of carbonyl (C=O) groups excluding carboxylic acids is 1. The summed E-state index contributed by atoms with van der Waals surface area (Å²) in [6.07, 6.45) is 0.882. The molecule has 0 N–H and O–H groups in total. The first-order valence-electron chi connectivity index (χ1n) is 5.20. The molecule has 2 rings (SSSR count). The van der Waals surface area contributed by atoms with E-state index in [1.165, 1.54) is 12.2 Å². The Morgan fingerprint density at radius 3 is 2.94 bits per heavy atom. The lowest BCUT2D eigenvalue weighted by Crippen LogP contribution is -2.27. The van der Waals surface area contributed by atoms with E-state index in [1.54, 1.807) is 7.05 Å². The number of rotatable bonds is 3. The zero-order valence-electron chi connectivity index (χ0n) is 9.31. The summed E-state index contributed by atoms with van der Waals surface area (Å²) >= 11 is 5.91. The zero-order chi connectivity index (χ0) is 11.7. The van der Waals surface area contributed by atoms with Crippen LogP contribution in [-0.4, -0.2) is 25.1 Å². The first-order chi connectivity index (χ1) is 7.63. The molecule has 0 unspecified atom stereocenters. The van der Waals surface area contributed by atoms with Crippen molar-refractivity contribution in [1.82, 2.24) is 5.06 Å². The topological polar surface area (TPSA) is 29.5 Å². The van der Waals surface area contributed by atoms with Crippen LogP contribution in [-0.2, 0) is 9.63 Å². The molecule has 1 aliphatic rings. The number of carbonyl (C=O) groups is 1. The summed E-state index contributed by atoms with van der Waals surface area (Å²) in [6, 6.07) is 7.69. The number of hydroxylamine groups is 2. The predicted molar refractivity (Wildman–Crippen MR) is 62.1 cm³/mol. The second-order valence-electron chi connectivity index (χ2n) is 4.02. The van der Waals surface area contributed by atoms with Gasteiger partial charge in [-0.05, 0) is 30.0 Å². The van der Waals surface area contributed by atoms with Crippen LogP contribution in [0.2, 0.25) is 5.02 Å². The number of amides is 1. The third-order valence-corrected chi connectivity index (χ3v) is 3.20. The molecule has 3 nitrogen and oxygen atoms in total. The molecule has 1 saturated carbocycles. The van der Waals surface area contributed by atoms with Crippen LogP contribution in [0.3, 0.4) is 0 Å². The lowest BCUT2D eigenvalue weighted by atomic mass is 10.1. The number of benzene rings is 1. The highest BCUT2D eigenvalue weighted by Gasteiger charge is 2.45. The predicted octanol–water partition coefficient (Wildman–Crippen LogP) is 2.46. The van der Waals surface area contributed by atoms with E-state index >= 15 is 0 Å². The van der Waals surface area contributed by atoms with Crippen molar-refractivity contribution in [2.24, 2.45) is 5.92 Å². The van der Waals surface area contributed by atoms with Crippen LogP contribution in [0, 0.1) is 5.92 Å². The van der Waals surface area contributed by atoms with Gasteiger partial charge in [-0.25, -0.2) is 5.06 Å². The molecule has 0 aromatic heterocycles.